The molecular weight excluding hydrogens is 507 g/mol. The van der Waals surface area contributed by atoms with Crippen LogP contribution in [0.1, 0.15) is 72.1 Å². The van der Waals surface area contributed by atoms with Gasteiger partial charge in [-0.15, -0.1) is 0 Å². The lowest BCUT2D eigenvalue weighted by molar-refractivity contribution is -0.140. The zero-order valence-electron chi connectivity index (χ0n) is 20.6. The first-order chi connectivity index (χ1) is 18.1. The van der Waals surface area contributed by atoms with Gasteiger partial charge >= 0.3 is 6.18 Å². The quantitative estimate of drug-likeness (QED) is 0.294. The number of hydrogen-bond acceptors (Lipinski definition) is 6. The van der Waals surface area contributed by atoms with Gasteiger partial charge in [0.25, 0.3) is 0 Å². The van der Waals surface area contributed by atoms with Crippen LogP contribution in [0.25, 0.3) is 22.4 Å². The van der Waals surface area contributed by atoms with Gasteiger partial charge < -0.3 is 4.74 Å². The highest BCUT2D eigenvalue weighted by atomic mass is 19.4. The first-order valence-electron chi connectivity index (χ1n) is 12.3. The van der Waals surface area contributed by atoms with Crippen LogP contribution in [0.15, 0.2) is 24.5 Å². The highest BCUT2D eigenvalue weighted by Gasteiger charge is 2.36. The summed E-state index contributed by atoms with van der Waals surface area (Å²) in [7, 11) is 0. The maximum Gasteiger partial charge on any atom is 0.419 e. The second kappa shape index (κ2) is 9.04. The molecule has 2 atom stereocenters. The fourth-order valence-electron chi connectivity index (χ4n) is 4.77. The summed E-state index contributed by atoms with van der Waals surface area (Å²) in [6.45, 7) is 3.81. The van der Waals surface area contributed by atoms with Crippen molar-refractivity contribution in [3.63, 3.8) is 0 Å². The Hall–Kier alpha value is -3.54. The molecule has 38 heavy (non-hydrogen) atoms. The molecule has 1 aromatic carbocycles. The molecule has 4 heterocycles. The molecule has 1 aliphatic heterocycles. The van der Waals surface area contributed by atoms with Crippen molar-refractivity contribution in [1.29, 1.82) is 0 Å². The summed E-state index contributed by atoms with van der Waals surface area (Å²) in [5.74, 6) is -2.83. The average Bonchev–Trinajstić information content (AvgIpc) is 3.60. The summed E-state index contributed by atoms with van der Waals surface area (Å²) in [6, 6.07) is 1.08. The summed E-state index contributed by atoms with van der Waals surface area (Å²) in [5, 5.41) is 4.43. The van der Waals surface area contributed by atoms with E-state index < -0.39 is 28.9 Å². The molecule has 0 N–H and O–H groups in total. The van der Waals surface area contributed by atoms with Crippen molar-refractivity contribution in [1.82, 2.24) is 29.7 Å². The van der Waals surface area contributed by atoms with E-state index in [0.717, 1.165) is 18.4 Å². The number of aromatic nitrogens is 6. The molecule has 3 aromatic heterocycles. The van der Waals surface area contributed by atoms with E-state index in [2.05, 4.69) is 25.0 Å². The van der Waals surface area contributed by atoms with E-state index in [1.165, 1.54) is 0 Å². The van der Waals surface area contributed by atoms with Crippen LogP contribution < -0.4 is 0 Å². The number of aryl methyl sites for hydroxylation is 2. The molecular formula is C26H23F5N6O. The third-order valence-electron chi connectivity index (χ3n) is 7.14. The predicted octanol–water partition coefficient (Wildman–Crippen LogP) is 6.17. The van der Waals surface area contributed by atoms with Crippen LogP contribution in [0, 0.1) is 25.5 Å². The van der Waals surface area contributed by atoms with Crippen LogP contribution in [-0.4, -0.2) is 36.3 Å². The normalized spacial score (nSPS) is 20.3. The van der Waals surface area contributed by atoms with Gasteiger partial charge in [-0.2, -0.15) is 18.3 Å². The highest BCUT2D eigenvalue weighted by Crippen LogP contribution is 2.41. The number of nitrogens with zero attached hydrogens (tertiary/aromatic N) is 6. The van der Waals surface area contributed by atoms with E-state index in [9.17, 15) is 22.0 Å². The van der Waals surface area contributed by atoms with Gasteiger partial charge in [-0.1, -0.05) is 0 Å². The Morgan fingerprint density at radius 3 is 2.45 bits per heavy atom. The first-order valence-corrected chi connectivity index (χ1v) is 12.3. The van der Waals surface area contributed by atoms with Gasteiger partial charge in [-0.25, -0.2) is 28.7 Å². The van der Waals surface area contributed by atoms with Gasteiger partial charge in [0.05, 0.1) is 35.3 Å². The zero-order valence-corrected chi connectivity index (χ0v) is 20.6. The minimum absolute atomic E-state index is 0.0461. The van der Waals surface area contributed by atoms with E-state index in [4.69, 9.17) is 4.74 Å². The van der Waals surface area contributed by atoms with Gasteiger partial charge in [-0.3, -0.25) is 4.68 Å². The van der Waals surface area contributed by atoms with Crippen molar-refractivity contribution >= 4 is 11.2 Å². The minimum atomic E-state index is -5.02. The molecule has 1 saturated heterocycles. The lowest BCUT2D eigenvalue weighted by Crippen LogP contribution is -2.20. The van der Waals surface area contributed by atoms with Gasteiger partial charge in [-0.05, 0) is 45.6 Å². The largest absolute Gasteiger partial charge is 0.419 e. The Morgan fingerprint density at radius 2 is 1.71 bits per heavy atom. The molecule has 4 aromatic rings. The third-order valence-corrected chi connectivity index (χ3v) is 7.14. The number of rotatable bonds is 4. The monoisotopic (exact) mass is 530 g/mol. The van der Waals surface area contributed by atoms with Gasteiger partial charge in [0.15, 0.2) is 5.65 Å². The fraction of sp³-hybridized carbons (Fsp3) is 0.423. The maximum atomic E-state index is 15.0. The topological polar surface area (TPSA) is 78.6 Å². The standard InChI is InChI=1S/C26H23F5N6O/c1-12-13(2)34-25-23(33-12)22(17-8-18(26(29,30)31)20(28)9-19(17)27)35-24(36-25)14-5-6-38-21(7-14)15-10-32-37(11-15)16-3-4-16/h8-11,14,16,21H,3-7H2,1-2H3/t14?,21-/m1/s1. The third kappa shape index (κ3) is 4.50. The second-order valence-electron chi connectivity index (χ2n) is 9.87. The minimum Gasteiger partial charge on any atom is -0.373 e. The molecule has 1 saturated carbocycles. The molecule has 2 fully saturated rings. The molecule has 6 rings (SSSR count). The number of benzene rings is 1. The number of fused-ring (bicyclic) bond motifs is 1. The molecule has 1 aliphatic carbocycles. The van der Waals surface area contributed by atoms with Crippen molar-refractivity contribution in [2.45, 2.75) is 63.8 Å². The van der Waals surface area contributed by atoms with Crippen molar-refractivity contribution in [3.8, 4) is 11.3 Å². The molecule has 1 unspecified atom stereocenters. The Bertz CT molecular complexity index is 1550. The molecule has 2 aliphatic rings. The number of ether oxygens (including phenoxy) is 1. The van der Waals surface area contributed by atoms with Crippen LogP contribution in [0.5, 0.6) is 0 Å². The summed E-state index contributed by atoms with van der Waals surface area (Å²) in [6.07, 6.45) is 1.71. The molecule has 0 spiro atoms. The zero-order chi connectivity index (χ0) is 26.8. The molecule has 0 amide bonds. The van der Waals surface area contributed by atoms with Crippen molar-refractivity contribution in [2.75, 3.05) is 6.61 Å². The van der Waals surface area contributed by atoms with Crippen molar-refractivity contribution < 1.29 is 26.7 Å². The second-order valence-corrected chi connectivity index (χ2v) is 9.87. The Kier molecular flexibility index (Phi) is 5.89. The Morgan fingerprint density at radius 1 is 0.947 bits per heavy atom. The van der Waals surface area contributed by atoms with Crippen molar-refractivity contribution in [3.05, 3.63) is 64.5 Å². The molecule has 0 bridgehead atoms. The van der Waals surface area contributed by atoms with Crippen LogP contribution in [-0.2, 0) is 10.9 Å². The molecule has 7 nitrogen and oxygen atoms in total. The smallest absolute Gasteiger partial charge is 0.373 e. The van der Waals surface area contributed by atoms with Crippen LogP contribution >= 0.6 is 0 Å². The molecule has 198 valence electrons. The lowest BCUT2D eigenvalue weighted by Gasteiger charge is -2.28. The maximum absolute atomic E-state index is 15.0. The van der Waals surface area contributed by atoms with E-state index >= 15 is 0 Å². The molecule has 12 heteroatoms. The average molecular weight is 531 g/mol. The van der Waals surface area contributed by atoms with E-state index in [1.807, 2.05) is 10.9 Å². The summed E-state index contributed by atoms with van der Waals surface area (Å²) >= 11 is 0. The van der Waals surface area contributed by atoms with Crippen LogP contribution in [0.2, 0.25) is 0 Å². The summed E-state index contributed by atoms with van der Waals surface area (Å²) in [5.41, 5.74) is -0.0909. The molecule has 0 radical (unpaired) electrons. The fourth-order valence-corrected chi connectivity index (χ4v) is 4.77. The van der Waals surface area contributed by atoms with Gasteiger partial charge in [0.1, 0.15) is 28.7 Å². The number of hydrogen-bond donors (Lipinski definition) is 0. The van der Waals surface area contributed by atoms with Crippen LogP contribution in [0.3, 0.4) is 0 Å². The number of halogens is 5. The van der Waals surface area contributed by atoms with E-state index in [-0.39, 0.29) is 34.9 Å². The van der Waals surface area contributed by atoms with Gasteiger partial charge in [0, 0.05) is 35.9 Å². The Labute approximate surface area is 214 Å². The van der Waals surface area contributed by atoms with Crippen molar-refractivity contribution in [2.24, 2.45) is 0 Å². The van der Waals surface area contributed by atoms with E-state index in [1.54, 1.807) is 20.0 Å². The summed E-state index contributed by atoms with van der Waals surface area (Å²) < 4.78 is 77.5. The summed E-state index contributed by atoms with van der Waals surface area (Å²) in [4.78, 5) is 18.0. The highest BCUT2D eigenvalue weighted by molar-refractivity contribution is 5.87. The first kappa shape index (κ1) is 24.8. The predicted molar refractivity (Wildman–Crippen MR) is 126 cm³/mol. The van der Waals surface area contributed by atoms with Crippen LogP contribution in [0.4, 0.5) is 22.0 Å². The number of alkyl halides is 3. The Balaban J connectivity index is 1.45. The van der Waals surface area contributed by atoms with Gasteiger partial charge in [0.2, 0.25) is 0 Å². The van der Waals surface area contributed by atoms with E-state index in [0.29, 0.717) is 48.8 Å². The lowest BCUT2D eigenvalue weighted by atomic mass is 9.92. The SMILES string of the molecule is Cc1nc2nc(C3CCO[C@@H](c4cnn(C5CC5)c4)C3)nc(-c3cc(C(F)(F)F)c(F)cc3F)c2nc1C.